The van der Waals surface area contributed by atoms with Crippen LogP contribution in [-0.4, -0.2) is 45.0 Å². The van der Waals surface area contributed by atoms with Crippen molar-refractivity contribution in [2.75, 3.05) is 7.05 Å². The Balaban J connectivity index is 1.31. The summed E-state index contributed by atoms with van der Waals surface area (Å²) in [6.45, 7) is 0.422. The Labute approximate surface area is 183 Å². The van der Waals surface area contributed by atoms with Gasteiger partial charge in [-0.15, -0.1) is 0 Å². The molecule has 1 aromatic heterocycles. The Kier molecular flexibility index (Phi) is 6.70. The highest BCUT2D eigenvalue weighted by Gasteiger charge is 2.29. The van der Waals surface area contributed by atoms with Crippen LogP contribution in [0.3, 0.4) is 0 Å². The van der Waals surface area contributed by atoms with Crippen LogP contribution >= 0.6 is 0 Å². The van der Waals surface area contributed by atoms with Crippen molar-refractivity contribution in [3.63, 3.8) is 0 Å². The molecule has 0 radical (unpaired) electrons. The molecule has 2 heterocycles. The molecule has 0 aliphatic carbocycles. The first-order valence-corrected chi connectivity index (χ1v) is 10.7. The zero-order valence-corrected chi connectivity index (χ0v) is 17.7. The van der Waals surface area contributed by atoms with Gasteiger partial charge in [0.05, 0.1) is 24.5 Å². The van der Waals surface area contributed by atoms with Gasteiger partial charge in [-0.05, 0) is 42.5 Å². The largest absolute Gasteiger partial charge is 0.387 e. The maximum atomic E-state index is 12.7. The summed E-state index contributed by atoms with van der Waals surface area (Å²) in [7, 11) is 1.77. The second-order valence-corrected chi connectivity index (χ2v) is 8.16. The molecule has 2 N–H and O–H groups in total. The fourth-order valence-electron chi connectivity index (χ4n) is 4.16. The monoisotopic (exact) mass is 416 g/mol. The van der Waals surface area contributed by atoms with Gasteiger partial charge in [-0.25, -0.2) is 0 Å². The highest BCUT2D eigenvalue weighted by molar-refractivity contribution is 5.94. The van der Waals surface area contributed by atoms with E-state index in [-0.39, 0.29) is 11.9 Å². The summed E-state index contributed by atoms with van der Waals surface area (Å²) in [5.74, 6) is -0.0396. The van der Waals surface area contributed by atoms with E-state index >= 15 is 0 Å². The summed E-state index contributed by atoms with van der Waals surface area (Å²) in [6, 6.07) is 18.0. The lowest BCUT2D eigenvalue weighted by atomic mass is 10.0. The molecule has 4 rings (SSSR count). The standard InChI is InChI=1S/C25H28N4O2/c1-29(17-22-16-26-13-14-27-22)25(31)20-9-7-18(8-10-20)15-21-11-12-23(28-21)24(30)19-5-3-2-4-6-19/h2-10,13-14,16,21,23-24,28,30H,11-12,15,17H2,1H3/t21-,23+,24+/m0/s1. The summed E-state index contributed by atoms with van der Waals surface area (Å²) in [5, 5.41) is 14.2. The predicted octanol–water partition coefficient (Wildman–Crippen LogP) is 3.15. The van der Waals surface area contributed by atoms with Gasteiger partial charge in [-0.2, -0.15) is 0 Å². The van der Waals surface area contributed by atoms with E-state index < -0.39 is 6.10 Å². The van der Waals surface area contributed by atoms with Crippen molar-refractivity contribution in [1.82, 2.24) is 20.2 Å². The summed E-state index contributed by atoms with van der Waals surface area (Å²) < 4.78 is 0. The fourth-order valence-corrected chi connectivity index (χ4v) is 4.16. The number of hydrogen-bond acceptors (Lipinski definition) is 5. The number of carbonyl (C=O) groups is 1. The quantitative estimate of drug-likeness (QED) is 0.619. The number of nitrogens with one attached hydrogen (secondary N) is 1. The molecule has 3 atom stereocenters. The van der Waals surface area contributed by atoms with E-state index in [4.69, 9.17) is 0 Å². The van der Waals surface area contributed by atoms with Crippen molar-refractivity contribution in [2.24, 2.45) is 0 Å². The summed E-state index contributed by atoms with van der Waals surface area (Å²) >= 11 is 0. The smallest absolute Gasteiger partial charge is 0.253 e. The van der Waals surface area contributed by atoms with E-state index in [0.29, 0.717) is 18.2 Å². The molecule has 6 heteroatoms. The van der Waals surface area contributed by atoms with Crippen LogP contribution in [0.2, 0.25) is 0 Å². The number of amides is 1. The third-order valence-corrected chi connectivity index (χ3v) is 5.84. The average molecular weight is 417 g/mol. The van der Waals surface area contributed by atoms with E-state index in [1.54, 1.807) is 30.5 Å². The highest BCUT2D eigenvalue weighted by atomic mass is 16.3. The van der Waals surface area contributed by atoms with Crippen LogP contribution in [0.1, 0.15) is 46.1 Å². The van der Waals surface area contributed by atoms with Gasteiger partial charge in [0.25, 0.3) is 5.91 Å². The van der Waals surface area contributed by atoms with E-state index in [1.165, 1.54) is 5.56 Å². The minimum Gasteiger partial charge on any atom is -0.387 e. The molecule has 0 unspecified atom stereocenters. The number of nitrogens with zero attached hydrogens (tertiary/aromatic N) is 3. The number of rotatable bonds is 7. The van der Waals surface area contributed by atoms with Crippen LogP contribution in [0, 0.1) is 0 Å². The molecule has 0 saturated carbocycles. The molecule has 160 valence electrons. The average Bonchev–Trinajstić information content (AvgIpc) is 3.28. The van der Waals surface area contributed by atoms with E-state index in [9.17, 15) is 9.90 Å². The van der Waals surface area contributed by atoms with Crippen molar-refractivity contribution in [1.29, 1.82) is 0 Å². The first kappa shape index (κ1) is 21.2. The molecular weight excluding hydrogens is 388 g/mol. The van der Waals surface area contributed by atoms with Gasteiger partial charge in [-0.1, -0.05) is 42.5 Å². The van der Waals surface area contributed by atoms with Crippen LogP contribution < -0.4 is 5.32 Å². The van der Waals surface area contributed by atoms with Crippen molar-refractivity contribution >= 4 is 5.91 Å². The normalized spacial score (nSPS) is 19.2. The molecule has 3 aromatic rings. The number of aliphatic hydroxyl groups excluding tert-OH is 1. The van der Waals surface area contributed by atoms with Gasteiger partial charge in [-0.3, -0.25) is 14.8 Å². The minimum absolute atomic E-state index is 0.0396. The lowest BCUT2D eigenvalue weighted by Gasteiger charge is -2.20. The first-order chi connectivity index (χ1) is 15.1. The zero-order valence-electron chi connectivity index (χ0n) is 17.7. The molecule has 2 aromatic carbocycles. The number of hydrogen-bond donors (Lipinski definition) is 2. The van der Waals surface area contributed by atoms with Crippen LogP contribution in [0.25, 0.3) is 0 Å². The molecule has 31 heavy (non-hydrogen) atoms. The van der Waals surface area contributed by atoms with Gasteiger partial charge in [0.15, 0.2) is 0 Å². The number of benzene rings is 2. The van der Waals surface area contributed by atoms with Crippen LogP contribution in [-0.2, 0) is 13.0 Å². The molecule has 0 spiro atoms. The van der Waals surface area contributed by atoms with Crippen LogP contribution in [0.5, 0.6) is 0 Å². The lowest BCUT2D eigenvalue weighted by Crippen LogP contribution is -2.35. The molecular formula is C25H28N4O2. The van der Waals surface area contributed by atoms with E-state index in [1.807, 2.05) is 54.6 Å². The summed E-state index contributed by atoms with van der Waals surface area (Å²) in [6.07, 6.45) is 7.28. The van der Waals surface area contributed by atoms with Crippen LogP contribution in [0.4, 0.5) is 0 Å². The van der Waals surface area contributed by atoms with Crippen molar-refractivity contribution in [2.45, 2.75) is 44.0 Å². The maximum Gasteiger partial charge on any atom is 0.253 e. The summed E-state index contributed by atoms with van der Waals surface area (Å²) in [5.41, 5.74) is 3.55. The first-order valence-electron chi connectivity index (χ1n) is 10.7. The van der Waals surface area contributed by atoms with Gasteiger partial charge >= 0.3 is 0 Å². The Bertz CT molecular complexity index is 979. The molecule has 1 aliphatic rings. The molecule has 1 fully saturated rings. The third kappa shape index (κ3) is 5.34. The third-order valence-electron chi connectivity index (χ3n) is 5.84. The van der Waals surface area contributed by atoms with Crippen molar-refractivity contribution < 1.29 is 9.90 Å². The highest BCUT2D eigenvalue weighted by Crippen LogP contribution is 2.26. The van der Waals surface area contributed by atoms with Crippen molar-refractivity contribution in [3.8, 4) is 0 Å². The number of carbonyl (C=O) groups excluding carboxylic acids is 1. The Hall–Kier alpha value is -3.09. The molecule has 0 bridgehead atoms. The van der Waals surface area contributed by atoms with Gasteiger partial charge in [0.1, 0.15) is 0 Å². The fraction of sp³-hybridized carbons (Fsp3) is 0.320. The van der Waals surface area contributed by atoms with Gasteiger partial charge in [0.2, 0.25) is 0 Å². The summed E-state index contributed by atoms with van der Waals surface area (Å²) in [4.78, 5) is 22.6. The molecule has 1 aliphatic heterocycles. The van der Waals surface area contributed by atoms with Gasteiger partial charge in [0, 0.05) is 37.1 Å². The molecule has 1 amide bonds. The second-order valence-electron chi connectivity index (χ2n) is 8.16. The number of aliphatic hydroxyl groups is 1. The SMILES string of the molecule is CN(Cc1cnccn1)C(=O)c1ccc(C[C@@H]2CC[C@H]([C@H](O)c3ccccc3)N2)cc1. The number of aromatic nitrogens is 2. The van der Waals surface area contributed by atoms with E-state index in [0.717, 1.165) is 30.5 Å². The Morgan fingerprint density at radius 1 is 1.13 bits per heavy atom. The second kappa shape index (κ2) is 9.81. The Morgan fingerprint density at radius 3 is 2.61 bits per heavy atom. The zero-order chi connectivity index (χ0) is 21.6. The molecule has 6 nitrogen and oxygen atoms in total. The van der Waals surface area contributed by atoms with Gasteiger partial charge < -0.3 is 15.3 Å². The van der Waals surface area contributed by atoms with Crippen LogP contribution in [0.15, 0.2) is 73.2 Å². The maximum absolute atomic E-state index is 12.7. The molecule has 1 saturated heterocycles. The lowest BCUT2D eigenvalue weighted by molar-refractivity contribution is 0.0783. The van der Waals surface area contributed by atoms with E-state index in [2.05, 4.69) is 15.3 Å². The predicted molar refractivity (Wildman–Crippen MR) is 119 cm³/mol. The topological polar surface area (TPSA) is 78.4 Å². The minimum atomic E-state index is -0.490. The Morgan fingerprint density at radius 2 is 1.90 bits per heavy atom. The van der Waals surface area contributed by atoms with Crippen molar-refractivity contribution in [3.05, 3.63) is 95.6 Å².